The Labute approximate surface area is 174 Å². The van der Waals surface area contributed by atoms with Crippen molar-refractivity contribution < 1.29 is 10.2 Å². The molecule has 4 aromatic rings. The van der Waals surface area contributed by atoms with E-state index < -0.39 is 0 Å². The van der Waals surface area contributed by atoms with Crippen LogP contribution in [0.25, 0.3) is 27.8 Å². The highest BCUT2D eigenvalue weighted by Gasteiger charge is 2.21. The van der Waals surface area contributed by atoms with Crippen molar-refractivity contribution in [3.8, 4) is 28.4 Å². The van der Waals surface area contributed by atoms with Crippen LogP contribution >= 0.6 is 12.2 Å². The number of nitrogens with one attached hydrogen (secondary N) is 1. The summed E-state index contributed by atoms with van der Waals surface area (Å²) in [5, 5.41) is 22.1. The number of fused-ring (bicyclic) bond motifs is 1. The van der Waals surface area contributed by atoms with Gasteiger partial charge >= 0.3 is 0 Å². The lowest BCUT2D eigenvalue weighted by Gasteiger charge is -2.16. The third-order valence-electron chi connectivity index (χ3n) is 5.47. The summed E-state index contributed by atoms with van der Waals surface area (Å²) in [7, 11) is 2.02. The summed E-state index contributed by atoms with van der Waals surface area (Å²) in [6, 6.07) is 11.6. The van der Waals surface area contributed by atoms with Gasteiger partial charge in [-0.2, -0.15) is 0 Å². The zero-order chi connectivity index (χ0) is 20.9. The van der Waals surface area contributed by atoms with E-state index in [9.17, 15) is 10.2 Å². The highest BCUT2D eigenvalue weighted by Crippen LogP contribution is 2.40. The first kappa shape index (κ1) is 19.3. The maximum Gasteiger partial charge on any atom is 0.182 e. The molecule has 3 N–H and O–H groups in total. The van der Waals surface area contributed by atoms with E-state index in [1.165, 1.54) is 6.07 Å². The number of H-pyrrole nitrogens is 1. The summed E-state index contributed by atoms with van der Waals surface area (Å²) in [5.41, 5.74) is 5.28. The molecule has 0 atom stereocenters. The molecule has 2 aromatic carbocycles. The SMILES string of the molecule is CCc1[nH]c(=S)n(-c2ccc3c(ccn3C)c2)c1-c1cc(C(C)C)c(O)cc1O. The quantitative estimate of drug-likeness (QED) is 0.375. The van der Waals surface area contributed by atoms with E-state index in [0.717, 1.165) is 40.0 Å². The van der Waals surface area contributed by atoms with Crippen LogP contribution in [0.5, 0.6) is 11.5 Å². The van der Waals surface area contributed by atoms with Crippen LogP contribution in [0.15, 0.2) is 42.6 Å². The number of aryl methyl sites for hydroxylation is 2. The predicted octanol–water partition coefficient (Wildman–Crippen LogP) is 5.79. The molecule has 2 aromatic heterocycles. The molecule has 0 unspecified atom stereocenters. The molecule has 0 aliphatic heterocycles. The molecule has 0 fully saturated rings. The van der Waals surface area contributed by atoms with E-state index in [1.807, 2.05) is 43.8 Å². The number of hydrogen-bond acceptors (Lipinski definition) is 3. The number of nitrogens with zero attached hydrogens (tertiary/aromatic N) is 2. The summed E-state index contributed by atoms with van der Waals surface area (Å²) in [4.78, 5) is 3.30. The molecule has 0 radical (unpaired) electrons. The van der Waals surface area contributed by atoms with Crippen LogP contribution in [0.3, 0.4) is 0 Å². The van der Waals surface area contributed by atoms with Gasteiger partial charge in [0.1, 0.15) is 11.5 Å². The number of rotatable bonds is 4. The van der Waals surface area contributed by atoms with Gasteiger partial charge in [0.2, 0.25) is 0 Å². The van der Waals surface area contributed by atoms with Crippen molar-refractivity contribution in [2.45, 2.75) is 33.1 Å². The van der Waals surface area contributed by atoms with Gasteiger partial charge in [-0.05, 0) is 60.5 Å². The molecule has 4 rings (SSSR count). The Balaban J connectivity index is 2.02. The minimum atomic E-state index is 0.0325. The van der Waals surface area contributed by atoms with Gasteiger partial charge in [-0.15, -0.1) is 0 Å². The fraction of sp³-hybridized carbons (Fsp3) is 0.261. The second-order valence-electron chi connectivity index (χ2n) is 7.70. The molecular formula is C23H25N3O2S. The summed E-state index contributed by atoms with van der Waals surface area (Å²) in [6.07, 6.45) is 2.76. The number of benzene rings is 2. The van der Waals surface area contributed by atoms with Crippen molar-refractivity contribution >= 4 is 23.1 Å². The Morgan fingerprint density at radius 1 is 1.07 bits per heavy atom. The molecular weight excluding hydrogens is 382 g/mol. The van der Waals surface area contributed by atoms with Crippen LogP contribution in [0, 0.1) is 4.77 Å². The van der Waals surface area contributed by atoms with Crippen LogP contribution in [0.1, 0.15) is 37.9 Å². The van der Waals surface area contributed by atoms with E-state index in [0.29, 0.717) is 10.3 Å². The van der Waals surface area contributed by atoms with Crippen LogP contribution in [0.2, 0.25) is 0 Å². The number of aromatic nitrogens is 3. The highest BCUT2D eigenvalue weighted by molar-refractivity contribution is 7.71. The average Bonchev–Trinajstić information content (AvgIpc) is 3.21. The Bertz CT molecular complexity index is 1280. The number of imidazole rings is 1. The van der Waals surface area contributed by atoms with Crippen LogP contribution < -0.4 is 0 Å². The number of aromatic amines is 1. The molecule has 2 heterocycles. The summed E-state index contributed by atoms with van der Waals surface area (Å²) in [6.45, 7) is 6.09. The Kier molecular flexibility index (Phi) is 4.74. The first-order valence-electron chi connectivity index (χ1n) is 9.77. The number of hydrogen-bond donors (Lipinski definition) is 3. The van der Waals surface area contributed by atoms with Crippen molar-refractivity contribution in [1.82, 2.24) is 14.1 Å². The summed E-state index contributed by atoms with van der Waals surface area (Å²) < 4.78 is 4.62. The average molecular weight is 408 g/mol. The molecule has 0 amide bonds. The zero-order valence-corrected chi connectivity index (χ0v) is 17.8. The van der Waals surface area contributed by atoms with Crippen LogP contribution in [-0.2, 0) is 13.5 Å². The van der Waals surface area contributed by atoms with Gasteiger partial charge < -0.3 is 19.8 Å². The molecule has 0 aliphatic rings. The van der Waals surface area contributed by atoms with Crippen LogP contribution in [0.4, 0.5) is 0 Å². The van der Waals surface area contributed by atoms with Crippen molar-refractivity contribution in [2.24, 2.45) is 7.05 Å². The van der Waals surface area contributed by atoms with Gasteiger partial charge in [0, 0.05) is 47.2 Å². The minimum absolute atomic E-state index is 0.0325. The van der Waals surface area contributed by atoms with E-state index in [1.54, 1.807) is 0 Å². The lowest BCUT2D eigenvalue weighted by atomic mass is 9.96. The van der Waals surface area contributed by atoms with E-state index in [-0.39, 0.29) is 17.4 Å². The third-order valence-corrected chi connectivity index (χ3v) is 5.76. The maximum absolute atomic E-state index is 10.7. The molecule has 0 aliphatic carbocycles. The number of phenolic OH excluding ortho intramolecular Hbond substituents is 2. The lowest BCUT2D eigenvalue weighted by molar-refractivity contribution is 0.445. The van der Waals surface area contributed by atoms with Crippen molar-refractivity contribution in [1.29, 1.82) is 0 Å². The Hall–Kier alpha value is -2.99. The van der Waals surface area contributed by atoms with E-state index in [4.69, 9.17) is 12.2 Å². The molecule has 0 spiro atoms. The second-order valence-corrected chi connectivity index (χ2v) is 8.09. The monoisotopic (exact) mass is 407 g/mol. The number of phenols is 2. The molecule has 0 bridgehead atoms. The fourth-order valence-corrected chi connectivity index (χ4v) is 4.24. The van der Waals surface area contributed by atoms with Crippen molar-refractivity contribution in [3.05, 3.63) is 58.6 Å². The third kappa shape index (κ3) is 3.13. The molecule has 0 saturated carbocycles. The fourth-order valence-electron chi connectivity index (χ4n) is 3.92. The topological polar surface area (TPSA) is 66.1 Å². The van der Waals surface area contributed by atoms with Gasteiger partial charge in [0.25, 0.3) is 0 Å². The number of aromatic hydroxyl groups is 2. The zero-order valence-electron chi connectivity index (χ0n) is 17.0. The van der Waals surface area contributed by atoms with Crippen LogP contribution in [-0.4, -0.2) is 24.3 Å². The smallest absolute Gasteiger partial charge is 0.182 e. The van der Waals surface area contributed by atoms with E-state index >= 15 is 0 Å². The van der Waals surface area contributed by atoms with Crippen molar-refractivity contribution in [2.75, 3.05) is 0 Å². The van der Waals surface area contributed by atoms with Gasteiger partial charge in [0.15, 0.2) is 4.77 Å². The molecule has 0 saturated heterocycles. The minimum Gasteiger partial charge on any atom is -0.508 e. The van der Waals surface area contributed by atoms with Gasteiger partial charge in [-0.25, -0.2) is 0 Å². The normalized spacial score (nSPS) is 11.6. The molecule has 150 valence electrons. The first-order chi connectivity index (χ1) is 13.8. The Morgan fingerprint density at radius 3 is 2.52 bits per heavy atom. The summed E-state index contributed by atoms with van der Waals surface area (Å²) in [5.74, 6) is 0.256. The molecule has 29 heavy (non-hydrogen) atoms. The van der Waals surface area contributed by atoms with E-state index in [2.05, 4.69) is 34.7 Å². The second kappa shape index (κ2) is 7.12. The van der Waals surface area contributed by atoms with Crippen molar-refractivity contribution in [3.63, 3.8) is 0 Å². The Morgan fingerprint density at radius 2 is 1.83 bits per heavy atom. The van der Waals surface area contributed by atoms with Gasteiger partial charge in [-0.3, -0.25) is 4.57 Å². The largest absolute Gasteiger partial charge is 0.508 e. The maximum atomic E-state index is 10.7. The predicted molar refractivity (Wildman–Crippen MR) is 120 cm³/mol. The lowest BCUT2D eigenvalue weighted by Crippen LogP contribution is -2.00. The summed E-state index contributed by atoms with van der Waals surface area (Å²) >= 11 is 5.66. The van der Waals surface area contributed by atoms with Gasteiger partial charge in [-0.1, -0.05) is 20.8 Å². The standard InChI is InChI=1S/C23H25N3O2S/c1-5-18-22(17-11-16(13(2)3)20(27)12-21(17)28)26(23(29)24-18)15-6-7-19-14(10-15)8-9-25(19)4/h6-13,27-28H,5H2,1-4H3,(H,24,29). The van der Waals surface area contributed by atoms with Gasteiger partial charge in [0.05, 0.1) is 5.69 Å². The first-order valence-corrected chi connectivity index (χ1v) is 10.2. The molecule has 6 heteroatoms. The molecule has 5 nitrogen and oxygen atoms in total. The highest BCUT2D eigenvalue weighted by atomic mass is 32.1.